The number of halogens is 4. The predicted molar refractivity (Wildman–Crippen MR) is 125 cm³/mol. The van der Waals surface area contributed by atoms with Crippen molar-refractivity contribution in [2.24, 2.45) is 5.92 Å². The highest BCUT2D eigenvalue weighted by atomic mass is 19.2. The third kappa shape index (κ3) is 4.64. The normalized spacial score (nSPS) is 30.2. The second-order valence-electron chi connectivity index (χ2n) is 8.61. The molecule has 1 aromatic carbocycles. The van der Waals surface area contributed by atoms with Gasteiger partial charge < -0.3 is 4.74 Å². The number of benzene rings is 1. The van der Waals surface area contributed by atoms with Crippen molar-refractivity contribution in [3.63, 3.8) is 0 Å². The first-order valence-electron chi connectivity index (χ1n) is 11.3. The van der Waals surface area contributed by atoms with Crippen LogP contribution in [0.1, 0.15) is 37.3 Å². The Morgan fingerprint density at radius 1 is 0.788 bits per heavy atom. The lowest BCUT2D eigenvalue weighted by atomic mass is 9.81. The number of rotatable bonds is 5. The molecule has 0 saturated heterocycles. The number of methoxy groups -OCH3 is 1. The highest BCUT2D eigenvalue weighted by molar-refractivity contribution is 5.77. The Morgan fingerprint density at radius 2 is 1.33 bits per heavy atom. The maximum absolute atomic E-state index is 15.1. The van der Waals surface area contributed by atoms with Gasteiger partial charge in [0.05, 0.1) is 7.11 Å². The van der Waals surface area contributed by atoms with E-state index >= 15 is 8.78 Å². The molecule has 0 radical (unpaired) electrons. The maximum Gasteiger partial charge on any atom is 0.192 e. The van der Waals surface area contributed by atoms with Gasteiger partial charge in [0.1, 0.15) is 5.76 Å². The lowest BCUT2D eigenvalue weighted by molar-refractivity contribution is 0.152. The molecule has 0 amide bonds. The van der Waals surface area contributed by atoms with E-state index in [1.807, 2.05) is 19.1 Å². The molecule has 5 atom stereocenters. The zero-order valence-corrected chi connectivity index (χ0v) is 18.8. The minimum absolute atomic E-state index is 0.0579. The molecule has 5 heteroatoms. The number of hydrogen-bond donors (Lipinski definition) is 0. The van der Waals surface area contributed by atoms with Gasteiger partial charge in [-0.15, -0.1) is 0 Å². The third-order valence-electron chi connectivity index (χ3n) is 6.62. The second-order valence-corrected chi connectivity index (χ2v) is 8.61. The Morgan fingerprint density at radius 3 is 1.88 bits per heavy atom. The van der Waals surface area contributed by atoms with Crippen LogP contribution in [0.2, 0.25) is 0 Å². The topological polar surface area (TPSA) is 9.23 Å². The van der Waals surface area contributed by atoms with Gasteiger partial charge in [-0.2, -0.15) is 0 Å². The van der Waals surface area contributed by atoms with Crippen LogP contribution in [0.25, 0.3) is 11.1 Å². The number of ether oxygens (including phenoxy) is 1. The Bertz CT molecular complexity index is 1060. The fraction of sp³-hybridized carbons (Fsp3) is 0.357. The van der Waals surface area contributed by atoms with E-state index in [0.29, 0.717) is 22.6 Å². The Hall–Kier alpha value is -2.82. The van der Waals surface area contributed by atoms with Crippen LogP contribution in [0.15, 0.2) is 83.7 Å². The van der Waals surface area contributed by atoms with Gasteiger partial charge in [-0.3, -0.25) is 0 Å². The van der Waals surface area contributed by atoms with E-state index in [2.05, 4.69) is 6.08 Å². The van der Waals surface area contributed by atoms with Gasteiger partial charge in [-0.1, -0.05) is 60.7 Å². The van der Waals surface area contributed by atoms with Gasteiger partial charge in [0.2, 0.25) is 0 Å². The first kappa shape index (κ1) is 23.3. The molecule has 0 aliphatic heterocycles. The molecule has 0 heterocycles. The van der Waals surface area contributed by atoms with Gasteiger partial charge in [0.15, 0.2) is 24.7 Å². The number of alkyl halides is 4. The van der Waals surface area contributed by atoms with Crippen LogP contribution in [0.5, 0.6) is 0 Å². The first-order valence-corrected chi connectivity index (χ1v) is 11.3. The summed E-state index contributed by atoms with van der Waals surface area (Å²) in [5, 5.41) is 0. The summed E-state index contributed by atoms with van der Waals surface area (Å²) in [5.74, 6) is 0.400. The average molecular weight is 457 g/mol. The molecular formula is C28H28F4O. The summed E-state index contributed by atoms with van der Waals surface area (Å²) in [4.78, 5) is 0. The number of allylic oxidation sites excluding steroid dienone is 12. The van der Waals surface area contributed by atoms with E-state index in [0.717, 1.165) is 24.8 Å². The van der Waals surface area contributed by atoms with Crippen molar-refractivity contribution < 1.29 is 22.3 Å². The largest absolute Gasteiger partial charge is 0.498 e. The highest BCUT2D eigenvalue weighted by Crippen LogP contribution is 2.39. The van der Waals surface area contributed by atoms with Gasteiger partial charge in [-0.05, 0) is 71.6 Å². The lowest BCUT2D eigenvalue weighted by Gasteiger charge is -2.28. The van der Waals surface area contributed by atoms with E-state index in [4.69, 9.17) is 4.74 Å². The molecule has 1 aromatic rings. The van der Waals surface area contributed by atoms with E-state index in [9.17, 15) is 8.78 Å². The van der Waals surface area contributed by atoms with Gasteiger partial charge >= 0.3 is 0 Å². The summed E-state index contributed by atoms with van der Waals surface area (Å²) in [6, 6.07) is 6.46. The lowest BCUT2D eigenvalue weighted by Crippen LogP contribution is -2.26. The average Bonchev–Trinajstić information content (AvgIpc) is 2.84. The van der Waals surface area contributed by atoms with Crippen LogP contribution < -0.4 is 0 Å². The van der Waals surface area contributed by atoms with Crippen molar-refractivity contribution in [1.82, 2.24) is 0 Å². The fourth-order valence-corrected chi connectivity index (χ4v) is 4.73. The summed E-state index contributed by atoms with van der Waals surface area (Å²) in [5.41, 5.74) is 2.76. The molecule has 3 aliphatic carbocycles. The summed E-state index contributed by atoms with van der Waals surface area (Å²) < 4.78 is 63.7. The second kappa shape index (κ2) is 9.98. The smallest absolute Gasteiger partial charge is 0.192 e. The molecule has 0 N–H and O–H groups in total. The quantitative estimate of drug-likeness (QED) is 0.328. The Balaban J connectivity index is 1.55. The standard InChI is InChI=1S/C28H28F4O/c1-3-4-17-5-7-18(8-6-17)21-13-14-22(26(30)25(21)29)19-9-11-20(12-10-19)23-15-16-24(33-2)28(32)27(23)31/h3-4,7,9-17,25-28H,5-6,8H2,1-2H3/b4-3+. The monoisotopic (exact) mass is 456 g/mol. The van der Waals surface area contributed by atoms with Crippen LogP contribution in [0.4, 0.5) is 17.6 Å². The van der Waals surface area contributed by atoms with Crippen LogP contribution in [0.3, 0.4) is 0 Å². The van der Waals surface area contributed by atoms with Crippen molar-refractivity contribution in [3.05, 3.63) is 94.8 Å². The van der Waals surface area contributed by atoms with Crippen LogP contribution in [-0.4, -0.2) is 31.8 Å². The summed E-state index contributed by atoms with van der Waals surface area (Å²) in [6.45, 7) is 1.99. The van der Waals surface area contributed by atoms with Gasteiger partial charge in [0, 0.05) is 0 Å². The molecule has 33 heavy (non-hydrogen) atoms. The van der Waals surface area contributed by atoms with Crippen molar-refractivity contribution in [3.8, 4) is 0 Å². The van der Waals surface area contributed by atoms with Gasteiger partial charge in [0.25, 0.3) is 0 Å². The molecule has 0 aromatic heterocycles. The van der Waals surface area contributed by atoms with E-state index in [1.165, 1.54) is 19.3 Å². The van der Waals surface area contributed by atoms with Crippen molar-refractivity contribution in [2.75, 3.05) is 7.11 Å². The SMILES string of the molecule is C/C=C/C1CC=C(C2=CC=C(c3ccc(C4=CC=C(OC)C(F)C4F)cc3)C(F)C2F)CC1. The van der Waals surface area contributed by atoms with Crippen molar-refractivity contribution >= 4 is 11.1 Å². The van der Waals surface area contributed by atoms with Crippen molar-refractivity contribution in [1.29, 1.82) is 0 Å². The molecule has 0 spiro atoms. The van der Waals surface area contributed by atoms with E-state index in [1.54, 1.807) is 36.4 Å². The zero-order valence-electron chi connectivity index (χ0n) is 18.8. The Kier molecular flexibility index (Phi) is 7.06. The molecule has 3 aliphatic rings. The van der Waals surface area contributed by atoms with E-state index in [-0.39, 0.29) is 16.9 Å². The third-order valence-corrected chi connectivity index (χ3v) is 6.62. The maximum atomic E-state index is 15.1. The molecular weight excluding hydrogens is 428 g/mol. The van der Waals surface area contributed by atoms with Crippen LogP contribution >= 0.6 is 0 Å². The molecule has 5 unspecified atom stereocenters. The highest BCUT2D eigenvalue weighted by Gasteiger charge is 2.34. The fourth-order valence-electron chi connectivity index (χ4n) is 4.73. The minimum atomic E-state index is -1.87. The van der Waals surface area contributed by atoms with Crippen molar-refractivity contribution in [2.45, 2.75) is 50.9 Å². The molecule has 1 nitrogen and oxygen atoms in total. The van der Waals surface area contributed by atoms with Crippen LogP contribution in [-0.2, 0) is 4.74 Å². The predicted octanol–water partition coefficient (Wildman–Crippen LogP) is 7.59. The molecule has 0 fully saturated rings. The molecule has 4 rings (SSSR count). The zero-order chi connectivity index (χ0) is 23.5. The molecule has 0 saturated carbocycles. The molecule has 174 valence electrons. The summed E-state index contributed by atoms with van der Waals surface area (Å²) >= 11 is 0. The number of hydrogen-bond acceptors (Lipinski definition) is 1. The first-order chi connectivity index (χ1) is 15.9. The Labute approximate surface area is 192 Å². The minimum Gasteiger partial charge on any atom is -0.498 e. The summed E-state index contributed by atoms with van der Waals surface area (Å²) in [7, 11) is 1.30. The molecule has 0 bridgehead atoms. The van der Waals surface area contributed by atoms with Gasteiger partial charge in [-0.25, -0.2) is 17.6 Å². The van der Waals surface area contributed by atoms with E-state index < -0.39 is 24.7 Å². The summed E-state index contributed by atoms with van der Waals surface area (Å²) in [6.07, 6.45) is 7.69. The van der Waals surface area contributed by atoms with Crippen LogP contribution in [0, 0.1) is 5.92 Å².